The maximum absolute atomic E-state index is 12.7. The molecule has 4 rings (SSSR count). The number of furan rings is 1. The van der Waals surface area contributed by atoms with Crippen LogP contribution < -0.4 is 10.1 Å². The van der Waals surface area contributed by atoms with E-state index in [-0.39, 0.29) is 12.1 Å². The minimum absolute atomic E-state index is 0.216. The average molecular weight is 407 g/mol. The van der Waals surface area contributed by atoms with Crippen LogP contribution in [-0.4, -0.2) is 23.0 Å². The Kier molecular flexibility index (Phi) is 5.48. The maximum Gasteiger partial charge on any atom is 0.322 e. The number of hydrogen-bond acceptors (Lipinski definition) is 5. The summed E-state index contributed by atoms with van der Waals surface area (Å²) in [7, 11) is 1.75. The van der Waals surface area contributed by atoms with E-state index in [1.807, 2.05) is 60.8 Å². The number of nitrogens with zero attached hydrogens (tertiary/aromatic N) is 2. The van der Waals surface area contributed by atoms with Gasteiger partial charge in [-0.05, 0) is 31.2 Å². The third-order valence-electron chi connectivity index (χ3n) is 4.71. The van der Waals surface area contributed by atoms with Crippen LogP contribution in [0.5, 0.6) is 5.75 Å². The molecule has 2 aromatic carbocycles. The Balaban J connectivity index is 1.40. The zero-order valence-corrected chi connectivity index (χ0v) is 17.0. The topological polar surface area (TPSA) is 67.6 Å². The number of urea groups is 1. The van der Waals surface area contributed by atoms with Gasteiger partial charge in [0.05, 0.1) is 17.2 Å². The summed E-state index contributed by atoms with van der Waals surface area (Å²) in [6, 6.07) is 16.6. The van der Waals surface area contributed by atoms with Crippen molar-refractivity contribution in [1.29, 1.82) is 0 Å². The van der Waals surface area contributed by atoms with E-state index in [2.05, 4.69) is 10.3 Å². The number of anilines is 1. The second-order valence-electron chi connectivity index (χ2n) is 6.70. The van der Waals surface area contributed by atoms with E-state index in [1.165, 1.54) is 11.3 Å². The van der Waals surface area contributed by atoms with Gasteiger partial charge in [0.2, 0.25) is 0 Å². The van der Waals surface area contributed by atoms with E-state index in [4.69, 9.17) is 9.15 Å². The SMILES string of the molecule is CC(c1cc2ccccc2o1)N(C)C(=O)Nc1cccc(OCc2cscn2)c1. The number of benzene rings is 2. The molecule has 0 spiro atoms. The van der Waals surface area contributed by atoms with Crippen LogP contribution in [0.15, 0.2) is 69.9 Å². The molecule has 0 aliphatic heterocycles. The summed E-state index contributed by atoms with van der Waals surface area (Å²) in [6.45, 7) is 2.33. The van der Waals surface area contributed by atoms with Gasteiger partial charge in [-0.25, -0.2) is 9.78 Å². The fourth-order valence-electron chi connectivity index (χ4n) is 2.92. The van der Waals surface area contributed by atoms with Gasteiger partial charge in [0.15, 0.2) is 0 Å². The van der Waals surface area contributed by atoms with Gasteiger partial charge in [-0.2, -0.15) is 0 Å². The number of ether oxygens (including phenoxy) is 1. The maximum atomic E-state index is 12.7. The summed E-state index contributed by atoms with van der Waals surface area (Å²) in [5, 5.41) is 5.88. The molecule has 2 heterocycles. The summed E-state index contributed by atoms with van der Waals surface area (Å²) >= 11 is 1.53. The van der Waals surface area contributed by atoms with Crippen molar-refractivity contribution in [2.75, 3.05) is 12.4 Å². The molecule has 0 aliphatic carbocycles. The van der Waals surface area contributed by atoms with Gasteiger partial charge in [0.25, 0.3) is 0 Å². The molecule has 0 radical (unpaired) electrons. The van der Waals surface area contributed by atoms with Crippen LogP contribution in [0.25, 0.3) is 11.0 Å². The molecule has 2 amide bonds. The van der Waals surface area contributed by atoms with E-state index in [9.17, 15) is 4.79 Å². The molecule has 2 aromatic heterocycles. The van der Waals surface area contributed by atoms with Crippen LogP contribution in [0.3, 0.4) is 0 Å². The molecule has 0 bridgehead atoms. The van der Waals surface area contributed by atoms with Gasteiger partial charge in [0, 0.05) is 29.6 Å². The number of hydrogen-bond donors (Lipinski definition) is 1. The van der Waals surface area contributed by atoms with Crippen LogP contribution >= 0.6 is 11.3 Å². The number of para-hydroxylation sites is 1. The highest BCUT2D eigenvalue weighted by Gasteiger charge is 2.21. The molecule has 148 valence electrons. The van der Waals surface area contributed by atoms with E-state index < -0.39 is 0 Å². The van der Waals surface area contributed by atoms with Crippen molar-refractivity contribution in [2.24, 2.45) is 0 Å². The van der Waals surface area contributed by atoms with Crippen molar-refractivity contribution in [3.05, 3.63) is 76.9 Å². The number of carbonyl (C=O) groups is 1. The summed E-state index contributed by atoms with van der Waals surface area (Å²) in [5.41, 5.74) is 4.13. The first-order valence-corrected chi connectivity index (χ1v) is 10.2. The number of aromatic nitrogens is 1. The fraction of sp³-hybridized carbons (Fsp3) is 0.182. The van der Waals surface area contributed by atoms with Crippen LogP contribution in [0.4, 0.5) is 10.5 Å². The van der Waals surface area contributed by atoms with Gasteiger partial charge < -0.3 is 19.4 Å². The third-order valence-corrected chi connectivity index (χ3v) is 5.35. The summed E-state index contributed by atoms with van der Waals surface area (Å²) < 4.78 is 11.6. The lowest BCUT2D eigenvalue weighted by Crippen LogP contribution is -2.33. The molecule has 1 unspecified atom stereocenters. The standard InChI is InChI=1S/C22H21N3O3S/c1-15(21-10-16-6-3-4-9-20(16)28-21)25(2)22(26)24-17-7-5-8-19(11-17)27-12-18-13-29-14-23-18/h3-11,13-15H,12H2,1-2H3,(H,24,26). The molecule has 1 N–H and O–H groups in total. The minimum atomic E-state index is -0.227. The summed E-state index contributed by atoms with van der Waals surface area (Å²) in [4.78, 5) is 18.5. The number of fused-ring (bicyclic) bond motifs is 1. The Morgan fingerprint density at radius 1 is 1.24 bits per heavy atom. The Morgan fingerprint density at radius 2 is 2.10 bits per heavy atom. The normalized spacial score (nSPS) is 11.9. The van der Waals surface area contributed by atoms with Crippen molar-refractivity contribution >= 4 is 34.0 Å². The van der Waals surface area contributed by atoms with E-state index in [0.29, 0.717) is 18.0 Å². The van der Waals surface area contributed by atoms with Crippen molar-refractivity contribution in [1.82, 2.24) is 9.88 Å². The number of thiazole rings is 1. The highest BCUT2D eigenvalue weighted by molar-refractivity contribution is 7.07. The van der Waals surface area contributed by atoms with Crippen LogP contribution in [0, 0.1) is 0 Å². The Bertz CT molecular complexity index is 1070. The van der Waals surface area contributed by atoms with E-state index in [1.54, 1.807) is 23.5 Å². The number of nitrogens with one attached hydrogen (secondary N) is 1. The Hall–Kier alpha value is -3.32. The quantitative estimate of drug-likeness (QED) is 0.446. The first-order valence-electron chi connectivity index (χ1n) is 9.22. The van der Waals surface area contributed by atoms with Gasteiger partial charge in [-0.1, -0.05) is 24.3 Å². The smallest absolute Gasteiger partial charge is 0.322 e. The molecule has 6 nitrogen and oxygen atoms in total. The lowest BCUT2D eigenvalue weighted by Gasteiger charge is -2.23. The van der Waals surface area contributed by atoms with Crippen molar-refractivity contribution in [2.45, 2.75) is 19.6 Å². The third kappa shape index (κ3) is 4.41. The Labute approximate surface area is 172 Å². The second kappa shape index (κ2) is 8.36. The Morgan fingerprint density at radius 3 is 2.90 bits per heavy atom. The molecule has 4 aromatic rings. The van der Waals surface area contributed by atoms with E-state index >= 15 is 0 Å². The first-order chi connectivity index (χ1) is 14.1. The molecule has 1 atom stereocenters. The average Bonchev–Trinajstić information content (AvgIpc) is 3.41. The monoisotopic (exact) mass is 407 g/mol. The summed E-state index contributed by atoms with van der Waals surface area (Å²) in [5.74, 6) is 1.41. The van der Waals surface area contributed by atoms with Gasteiger partial charge in [-0.3, -0.25) is 0 Å². The minimum Gasteiger partial charge on any atom is -0.487 e. The highest BCUT2D eigenvalue weighted by Crippen LogP contribution is 2.27. The predicted octanol–water partition coefficient (Wildman–Crippen LogP) is 5.69. The molecule has 0 saturated carbocycles. The van der Waals surface area contributed by atoms with Crippen LogP contribution in [-0.2, 0) is 6.61 Å². The van der Waals surface area contributed by atoms with Crippen LogP contribution in [0.2, 0.25) is 0 Å². The second-order valence-corrected chi connectivity index (χ2v) is 7.42. The number of rotatable bonds is 6. The molecular formula is C22H21N3O3S. The van der Waals surface area contributed by atoms with Crippen molar-refractivity contribution in [3.63, 3.8) is 0 Å². The predicted molar refractivity (Wildman–Crippen MR) is 114 cm³/mol. The summed E-state index contributed by atoms with van der Waals surface area (Å²) in [6.07, 6.45) is 0. The molecule has 0 fully saturated rings. The lowest BCUT2D eigenvalue weighted by molar-refractivity contribution is 0.201. The number of amides is 2. The highest BCUT2D eigenvalue weighted by atomic mass is 32.1. The fourth-order valence-corrected chi connectivity index (χ4v) is 3.46. The molecular weight excluding hydrogens is 386 g/mol. The molecule has 29 heavy (non-hydrogen) atoms. The van der Waals surface area contributed by atoms with E-state index in [0.717, 1.165) is 22.4 Å². The van der Waals surface area contributed by atoms with Crippen molar-refractivity contribution < 1.29 is 13.9 Å². The first kappa shape index (κ1) is 19.0. The molecule has 0 saturated heterocycles. The van der Waals surface area contributed by atoms with Gasteiger partial charge in [0.1, 0.15) is 23.7 Å². The van der Waals surface area contributed by atoms with Crippen molar-refractivity contribution in [3.8, 4) is 5.75 Å². The van der Waals surface area contributed by atoms with Gasteiger partial charge in [-0.15, -0.1) is 11.3 Å². The largest absolute Gasteiger partial charge is 0.487 e. The molecule has 7 heteroatoms. The van der Waals surface area contributed by atoms with Crippen LogP contribution in [0.1, 0.15) is 24.4 Å². The lowest BCUT2D eigenvalue weighted by atomic mass is 10.2. The van der Waals surface area contributed by atoms with Gasteiger partial charge >= 0.3 is 6.03 Å². The molecule has 0 aliphatic rings. The zero-order chi connectivity index (χ0) is 20.2. The number of carbonyl (C=O) groups excluding carboxylic acids is 1. The zero-order valence-electron chi connectivity index (χ0n) is 16.2.